The number of hydrogen-bond acceptors (Lipinski definition) is 18. The number of fused-ring (bicyclic) bond motifs is 4. The minimum atomic E-state index is -5.26. The Balaban J connectivity index is 1.07. The van der Waals surface area contributed by atoms with Crippen molar-refractivity contribution in [3.05, 3.63) is 84.6 Å². The second kappa shape index (κ2) is 16.5. The van der Waals surface area contributed by atoms with Crippen LogP contribution in [0.25, 0.3) is 11.2 Å². The molecule has 2 aromatic heterocycles. The third kappa shape index (κ3) is 8.70. The maximum absolute atomic E-state index is 16.4. The number of nitrogens with zero attached hydrogens (tertiary/aromatic N) is 5. The highest BCUT2D eigenvalue weighted by Gasteiger charge is 2.56. The first-order valence-electron chi connectivity index (χ1n) is 17.5. The molecule has 26 heteroatoms. The van der Waals surface area contributed by atoms with Crippen LogP contribution in [0, 0.1) is 0 Å². The number of carbonyl (C=O) groups is 2. The molecule has 0 radical (unpaired) electrons. The van der Waals surface area contributed by atoms with Gasteiger partial charge >= 0.3 is 26.6 Å². The molecule has 2 amide bonds. The van der Waals surface area contributed by atoms with Crippen molar-refractivity contribution in [1.29, 1.82) is 0 Å². The van der Waals surface area contributed by atoms with E-state index in [2.05, 4.69) is 20.3 Å². The summed E-state index contributed by atoms with van der Waals surface area (Å²) in [6, 6.07) is 10.4. The third-order valence-corrected chi connectivity index (χ3v) is 14.0. The zero-order valence-electron chi connectivity index (χ0n) is 30.0. The Kier molecular flexibility index (Phi) is 11.5. The number of nitrogens with two attached hydrogens (primary N) is 1. The number of aliphatic hydroxyl groups is 1. The van der Waals surface area contributed by atoms with Crippen molar-refractivity contribution in [2.75, 3.05) is 18.9 Å². The Labute approximate surface area is 335 Å². The fraction of sp³-hybridized carbons (Fsp3) is 0.364. The number of phenolic OH excluding ortho intramolecular Hbond substituents is 1. The molecule has 3 fully saturated rings. The summed E-state index contributed by atoms with van der Waals surface area (Å²) in [5.41, 5.74) is 6.71. The van der Waals surface area contributed by atoms with Crippen LogP contribution in [-0.4, -0.2) is 114 Å². The Hall–Kier alpha value is -4.58. The Bertz CT molecular complexity index is 2350. The smallest absolute Gasteiger partial charge is 0.472 e. The number of nitrogen functional groups attached to an aromatic ring is 1. The molecule has 3 saturated heterocycles. The number of ether oxygens (including phenoxy) is 3. The van der Waals surface area contributed by atoms with Gasteiger partial charge in [-0.25, -0.2) is 42.5 Å². The first-order chi connectivity index (χ1) is 28.2. The van der Waals surface area contributed by atoms with Gasteiger partial charge in [0.05, 0.1) is 25.1 Å². The van der Waals surface area contributed by atoms with E-state index in [9.17, 15) is 33.8 Å². The summed E-state index contributed by atoms with van der Waals surface area (Å²) in [6.07, 6.45) is -11.9. The van der Waals surface area contributed by atoms with Gasteiger partial charge in [-0.05, 0) is 59.4 Å². The maximum atomic E-state index is 16.4. The molecule has 4 aliphatic rings. The Morgan fingerprint density at radius 3 is 2.44 bits per heavy atom. The SMILES string of the molecule is Nc1ncnc2c1ncn2[C@@H]1O[C@@H]2COP(=O)(SCc3ccc(OC(=O)c4ccc(O)cc4)cc3)O[C@@H]3[C@H](F)[C@@H](COP(=O)(O)O[C@H]2[C@H]1F)O[C@H]3N1C=CC(O)NC1=O. The van der Waals surface area contributed by atoms with Gasteiger partial charge in [0.25, 0.3) is 0 Å². The Morgan fingerprint density at radius 2 is 1.69 bits per heavy atom. The summed E-state index contributed by atoms with van der Waals surface area (Å²) in [5.74, 6) is -0.746. The van der Waals surface area contributed by atoms with Crippen LogP contribution in [0.4, 0.5) is 19.4 Å². The lowest BCUT2D eigenvalue weighted by molar-refractivity contribution is -0.0721. The zero-order chi connectivity index (χ0) is 41.6. The van der Waals surface area contributed by atoms with Crippen molar-refractivity contribution in [1.82, 2.24) is 29.7 Å². The van der Waals surface area contributed by atoms with Crippen LogP contribution >= 0.6 is 26.0 Å². The van der Waals surface area contributed by atoms with Crippen LogP contribution in [0.3, 0.4) is 0 Å². The summed E-state index contributed by atoms with van der Waals surface area (Å²) in [6.45, 7) is -6.51. The fourth-order valence-electron chi connectivity index (χ4n) is 6.43. The number of carbonyl (C=O) groups excluding carboxylic acids is 2. The van der Waals surface area contributed by atoms with E-state index < -0.39 is 95.3 Å². The second-order valence-corrected chi connectivity index (χ2v) is 18.7. The molecule has 59 heavy (non-hydrogen) atoms. The molecule has 8 rings (SSSR count). The molecule has 2 aromatic carbocycles. The first-order valence-corrected chi connectivity index (χ1v) is 22.1. The molecule has 11 atom stereocenters. The number of hydrogen-bond donors (Lipinski definition) is 5. The minimum Gasteiger partial charge on any atom is -0.508 e. The van der Waals surface area contributed by atoms with Gasteiger partial charge in [0, 0.05) is 12.0 Å². The third-order valence-electron chi connectivity index (χ3n) is 9.33. The van der Waals surface area contributed by atoms with Gasteiger partial charge < -0.3 is 40.4 Å². The van der Waals surface area contributed by atoms with E-state index in [0.717, 1.165) is 34.4 Å². The standard InChI is InChI=1S/C33H33F2N7O14P2S/c34-23-20-11-50-57(47,48)55-26-21(54-30(24(26)35)42-15-39-25-28(36)37-14-38-29(25)42)12-51-58(49,56-27(23)31(53-20)41-10-9-22(44)40-33(41)46)59-13-16-1-7-19(8-2-16)52-32(45)17-3-5-18(43)6-4-17/h1-10,14-15,20-24,26-27,30-31,43-44H,11-13H2,(H,40,46)(H,47,48)(H2,36,37,38)/t20-,21-,22?,23-,24-,26-,27-,30-,31-,58?/m1/s1. The number of urea groups is 1. The van der Waals surface area contributed by atoms with E-state index in [4.69, 9.17) is 38.0 Å². The fourth-order valence-corrected chi connectivity index (χ4v) is 10.7. The predicted octanol–water partition coefficient (Wildman–Crippen LogP) is 3.45. The summed E-state index contributed by atoms with van der Waals surface area (Å²) >= 11 is 0.562. The van der Waals surface area contributed by atoms with Crippen molar-refractivity contribution in [2.45, 2.75) is 61.2 Å². The van der Waals surface area contributed by atoms with Crippen molar-refractivity contribution < 1.29 is 74.9 Å². The first kappa shape index (κ1) is 41.2. The van der Waals surface area contributed by atoms with E-state index >= 15 is 8.78 Å². The average Bonchev–Trinajstić information content (AvgIpc) is 3.86. The molecular weight excluding hydrogens is 850 g/mol. The van der Waals surface area contributed by atoms with Crippen LogP contribution < -0.4 is 15.8 Å². The molecule has 6 N–H and O–H groups in total. The number of phosphoric ester groups is 1. The van der Waals surface area contributed by atoms with E-state index in [1.807, 2.05) is 0 Å². The normalized spacial score (nSPS) is 33.7. The highest BCUT2D eigenvalue weighted by atomic mass is 32.7. The van der Waals surface area contributed by atoms with Gasteiger partial charge in [0.15, 0.2) is 36.3 Å². The van der Waals surface area contributed by atoms with Crippen LogP contribution in [0.1, 0.15) is 22.1 Å². The number of nitrogens with one attached hydrogen (secondary N) is 1. The number of amides is 2. The van der Waals surface area contributed by atoms with Crippen LogP contribution in [0.2, 0.25) is 0 Å². The van der Waals surface area contributed by atoms with Crippen molar-refractivity contribution in [3.8, 4) is 11.5 Å². The topological polar surface area (TPSA) is 278 Å². The number of esters is 1. The molecule has 2 bridgehead atoms. The molecule has 314 valence electrons. The maximum Gasteiger partial charge on any atom is 0.472 e. The number of alkyl halides is 2. The number of aromatic hydroxyl groups is 1. The highest BCUT2D eigenvalue weighted by Crippen LogP contribution is 2.64. The van der Waals surface area contributed by atoms with Gasteiger partial charge in [-0.15, -0.1) is 0 Å². The molecule has 4 aromatic rings. The molecule has 0 aliphatic carbocycles. The number of anilines is 1. The predicted molar refractivity (Wildman–Crippen MR) is 197 cm³/mol. The van der Waals surface area contributed by atoms with E-state index in [1.165, 1.54) is 48.5 Å². The molecule has 0 spiro atoms. The number of imidazole rings is 1. The molecule has 0 saturated carbocycles. The van der Waals surface area contributed by atoms with Crippen LogP contribution in [0.15, 0.2) is 73.5 Å². The van der Waals surface area contributed by atoms with Gasteiger partial charge in [0.1, 0.15) is 54.0 Å². The summed E-state index contributed by atoms with van der Waals surface area (Å²) < 4.78 is 101. The summed E-state index contributed by atoms with van der Waals surface area (Å²) in [4.78, 5) is 49.1. The largest absolute Gasteiger partial charge is 0.508 e. The molecule has 3 unspecified atom stereocenters. The highest BCUT2D eigenvalue weighted by molar-refractivity contribution is 8.54. The van der Waals surface area contributed by atoms with Crippen LogP contribution in [-0.2, 0) is 42.5 Å². The number of halogens is 2. The molecule has 6 heterocycles. The van der Waals surface area contributed by atoms with Gasteiger partial charge in [-0.2, -0.15) is 0 Å². The summed E-state index contributed by atoms with van der Waals surface area (Å²) in [5, 5.41) is 21.6. The molecular formula is C33H33F2N7O14P2S. The van der Waals surface area contributed by atoms with Crippen LogP contribution in [0.5, 0.6) is 11.5 Å². The van der Waals surface area contributed by atoms with Crippen molar-refractivity contribution in [3.63, 3.8) is 0 Å². The number of phosphoric acid groups is 1. The summed E-state index contributed by atoms with van der Waals surface area (Å²) in [7, 11) is -5.26. The van der Waals surface area contributed by atoms with Gasteiger partial charge in [0.2, 0.25) is 0 Å². The number of phenols is 1. The van der Waals surface area contributed by atoms with E-state index in [0.29, 0.717) is 16.9 Å². The molecule has 21 nitrogen and oxygen atoms in total. The lowest BCUT2D eigenvalue weighted by atomic mass is 10.1. The molecule has 4 aliphatic heterocycles. The van der Waals surface area contributed by atoms with Gasteiger partial charge in [-0.3, -0.25) is 27.6 Å². The van der Waals surface area contributed by atoms with Crippen molar-refractivity contribution in [2.24, 2.45) is 0 Å². The lowest BCUT2D eigenvalue weighted by Gasteiger charge is -2.33. The van der Waals surface area contributed by atoms with E-state index in [-0.39, 0.29) is 39.8 Å². The van der Waals surface area contributed by atoms with Gasteiger partial charge in [-0.1, -0.05) is 12.1 Å². The number of benzene rings is 2. The second-order valence-electron chi connectivity index (χ2n) is 13.2. The quantitative estimate of drug-likeness (QED) is 0.101. The number of rotatable bonds is 7. The number of aliphatic hydroxyl groups excluding tert-OH is 1. The van der Waals surface area contributed by atoms with E-state index in [1.54, 1.807) is 0 Å². The monoisotopic (exact) mass is 883 g/mol. The zero-order valence-corrected chi connectivity index (χ0v) is 32.6. The lowest BCUT2D eigenvalue weighted by Crippen LogP contribution is -2.53. The average molecular weight is 884 g/mol. The number of aromatic nitrogens is 4. The Morgan fingerprint density at radius 1 is 0.966 bits per heavy atom. The minimum absolute atomic E-state index is 0.0209. The van der Waals surface area contributed by atoms with Crippen molar-refractivity contribution >= 4 is 55.0 Å².